The fraction of sp³-hybridized carbons (Fsp3) is 0.889. The maximum absolute atomic E-state index is 11.0. The molecule has 2 atom stereocenters. The maximum atomic E-state index is 11.0. The zero-order chi connectivity index (χ0) is 9.56. The average molecular weight is 173 g/mol. The van der Waals surface area contributed by atoms with Crippen molar-refractivity contribution in [1.82, 2.24) is 0 Å². The van der Waals surface area contributed by atoms with Crippen LogP contribution in [0.4, 0.5) is 0 Å². The highest BCUT2D eigenvalue weighted by atomic mass is 16.5. The number of nitrogens with two attached hydrogens (primary N) is 1. The van der Waals surface area contributed by atoms with Gasteiger partial charge in [-0.15, -0.1) is 0 Å². The van der Waals surface area contributed by atoms with Crippen LogP contribution in [-0.4, -0.2) is 18.6 Å². The van der Waals surface area contributed by atoms with E-state index >= 15 is 0 Å². The van der Waals surface area contributed by atoms with Crippen LogP contribution >= 0.6 is 0 Å². The second kappa shape index (κ2) is 6.00. The van der Waals surface area contributed by atoms with Gasteiger partial charge in [-0.1, -0.05) is 20.3 Å². The van der Waals surface area contributed by atoms with Crippen LogP contribution in [0.1, 0.15) is 33.6 Å². The maximum Gasteiger partial charge on any atom is 0.307 e. The van der Waals surface area contributed by atoms with E-state index < -0.39 is 0 Å². The second-order valence-electron chi connectivity index (χ2n) is 3.06. The highest BCUT2D eigenvalue weighted by Gasteiger charge is 2.15. The van der Waals surface area contributed by atoms with Gasteiger partial charge in [-0.25, -0.2) is 0 Å². The van der Waals surface area contributed by atoms with Gasteiger partial charge in [0.05, 0.1) is 13.0 Å². The number of carbonyl (C=O) groups excluding carboxylic acids is 1. The molecule has 3 heteroatoms. The van der Waals surface area contributed by atoms with Crippen LogP contribution in [0.25, 0.3) is 0 Å². The largest absolute Gasteiger partial charge is 0.466 e. The summed E-state index contributed by atoms with van der Waals surface area (Å²) < 4.78 is 4.79. The van der Waals surface area contributed by atoms with E-state index in [1.54, 1.807) is 6.92 Å². The van der Waals surface area contributed by atoms with Crippen molar-refractivity contribution in [3.63, 3.8) is 0 Å². The van der Waals surface area contributed by atoms with Gasteiger partial charge in [-0.2, -0.15) is 0 Å². The smallest absolute Gasteiger partial charge is 0.307 e. The van der Waals surface area contributed by atoms with E-state index in [0.717, 1.165) is 6.42 Å². The summed E-state index contributed by atoms with van der Waals surface area (Å²) in [7, 11) is 0. The van der Waals surface area contributed by atoms with Crippen molar-refractivity contribution in [3.05, 3.63) is 0 Å². The first-order chi connectivity index (χ1) is 5.61. The first kappa shape index (κ1) is 11.4. The molecule has 0 aliphatic heterocycles. The lowest BCUT2D eigenvalue weighted by Crippen LogP contribution is -2.31. The van der Waals surface area contributed by atoms with Crippen molar-refractivity contribution in [2.24, 2.45) is 11.7 Å². The summed E-state index contributed by atoms with van der Waals surface area (Å²) in [6.07, 6.45) is 1.34. The minimum Gasteiger partial charge on any atom is -0.466 e. The van der Waals surface area contributed by atoms with E-state index in [9.17, 15) is 4.79 Å². The molecular weight excluding hydrogens is 154 g/mol. The predicted octanol–water partition coefficient (Wildman–Crippen LogP) is 1.31. The van der Waals surface area contributed by atoms with Crippen molar-refractivity contribution >= 4 is 5.97 Å². The molecule has 3 nitrogen and oxygen atoms in total. The van der Waals surface area contributed by atoms with Gasteiger partial charge in [0.2, 0.25) is 0 Å². The number of carbonyl (C=O) groups is 1. The Morgan fingerprint density at radius 3 is 2.50 bits per heavy atom. The topological polar surface area (TPSA) is 52.3 Å². The molecule has 0 amide bonds. The van der Waals surface area contributed by atoms with Gasteiger partial charge < -0.3 is 10.5 Å². The van der Waals surface area contributed by atoms with Crippen LogP contribution in [0.3, 0.4) is 0 Å². The van der Waals surface area contributed by atoms with Crippen molar-refractivity contribution < 1.29 is 9.53 Å². The molecule has 0 heterocycles. The first-order valence-electron chi connectivity index (χ1n) is 4.53. The molecule has 0 aromatic heterocycles. The van der Waals surface area contributed by atoms with Crippen LogP contribution in [-0.2, 0) is 9.53 Å². The van der Waals surface area contributed by atoms with Crippen LogP contribution in [0.15, 0.2) is 0 Å². The van der Waals surface area contributed by atoms with E-state index in [2.05, 4.69) is 6.92 Å². The Balaban J connectivity index is 3.67. The summed E-state index contributed by atoms with van der Waals surface area (Å²) in [6, 6.07) is -0.0611. The molecule has 0 rings (SSSR count). The Bertz CT molecular complexity index is 136. The normalized spacial score (nSPS) is 15.3. The van der Waals surface area contributed by atoms with Crippen molar-refractivity contribution in [3.8, 4) is 0 Å². The van der Waals surface area contributed by atoms with E-state index in [1.807, 2.05) is 6.92 Å². The summed E-state index contributed by atoms with van der Waals surface area (Å²) in [5, 5.41) is 0. The van der Waals surface area contributed by atoms with E-state index in [1.165, 1.54) is 0 Å². The Morgan fingerprint density at radius 2 is 2.08 bits per heavy atom. The highest BCUT2D eigenvalue weighted by molar-refractivity contribution is 5.70. The van der Waals surface area contributed by atoms with E-state index in [0.29, 0.717) is 18.9 Å². The minimum absolute atomic E-state index is 0.0611. The molecule has 72 valence electrons. The molecule has 2 N–H and O–H groups in total. The lowest BCUT2D eigenvalue weighted by Gasteiger charge is -2.16. The van der Waals surface area contributed by atoms with Crippen molar-refractivity contribution in [2.75, 3.05) is 6.61 Å². The Labute approximate surface area is 74.3 Å². The highest BCUT2D eigenvalue weighted by Crippen LogP contribution is 2.08. The van der Waals surface area contributed by atoms with Crippen LogP contribution < -0.4 is 5.73 Å². The molecule has 0 saturated heterocycles. The molecular formula is C9H19NO2. The molecule has 0 saturated carbocycles. The number of ether oxygens (including phenoxy) is 1. The van der Waals surface area contributed by atoms with Gasteiger partial charge in [0.1, 0.15) is 0 Å². The van der Waals surface area contributed by atoms with Gasteiger partial charge in [0, 0.05) is 6.04 Å². The molecule has 0 aliphatic rings. The fourth-order valence-electron chi connectivity index (χ4n) is 0.916. The zero-order valence-corrected chi connectivity index (χ0v) is 8.17. The molecule has 0 fully saturated rings. The van der Waals surface area contributed by atoms with E-state index in [-0.39, 0.29) is 12.0 Å². The van der Waals surface area contributed by atoms with Crippen molar-refractivity contribution in [2.45, 2.75) is 39.7 Å². The van der Waals surface area contributed by atoms with Crippen LogP contribution in [0.2, 0.25) is 0 Å². The predicted molar refractivity (Wildman–Crippen MR) is 48.7 cm³/mol. The third kappa shape index (κ3) is 4.34. The monoisotopic (exact) mass is 173 g/mol. The standard InChI is InChI=1S/C9H19NO2/c1-4-7(3)8(10)6-9(11)12-5-2/h7-8H,4-6,10H2,1-3H3/t7-,8+/m1/s1. The number of esters is 1. The van der Waals surface area contributed by atoms with E-state index in [4.69, 9.17) is 10.5 Å². The number of hydrogen-bond donors (Lipinski definition) is 1. The van der Waals surface area contributed by atoms with Crippen LogP contribution in [0, 0.1) is 5.92 Å². The van der Waals surface area contributed by atoms with Gasteiger partial charge in [0.25, 0.3) is 0 Å². The lowest BCUT2D eigenvalue weighted by atomic mass is 9.97. The molecule has 0 bridgehead atoms. The summed E-state index contributed by atoms with van der Waals surface area (Å²) in [5.41, 5.74) is 5.76. The molecule has 0 aliphatic carbocycles. The summed E-state index contributed by atoms with van der Waals surface area (Å²) in [4.78, 5) is 11.0. The summed E-state index contributed by atoms with van der Waals surface area (Å²) >= 11 is 0. The SMILES string of the molecule is CCOC(=O)C[C@H](N)[C@H](C)CC. The average Bonchev–Trinajstić information content (AvgIpc) is 2.03. The first-order valence-corrected chi connectivity index (χ1v) is 4.53. The fourth-order valence-corrected chi connectivity index (χ4v) is 0.916. The Morgan fingerprint density at radius 1 is 1.50 bits per heavy atom. The Kier molecular flexibility index (Phi) is 5.72. The quantitative estimate of drug-likeness (QED) is 0.638. The zero-order valence-electron chi connectivity index (χ0n) is 8.17. The third-order valence-corrected chi connectivity index (χ3v) is 2.08. The number of rotatable bonds is 5. The third-order valence-electron chi connectivity index (χ3n) is 2.08. The van der Waals surface area contributed by atoms with Gasteiger partial charge in [0.15, 0.2) is 0 Å². The lowest BCUT2D eigenvalue weighted by molar-refractivity contribution is -0.143. The Hall–Kier alpha value is -0.570. The van der Waals surface area contributed by atoms with Gasteiger partial charge >= 0.3 is 5.97 Å². The molecule has 0 spiro atoms. The van der Waals surface area contributed by atoms with Gasteiger partial charge in [-0.3, -0.25) is 4.79 Å². The van der Waals surface area contributed by atoms with Gasteiger partial charge in [-0.05, 0) is 12.8 Å². The molecule has 0 unspecified atom stereocenters. The molecule has 12 heavy (non-hydrogen) atoms. The minimum atomic E-state index is -0.190. The number of hydrogen-bond acceptors (Lipinski definition) is 3. The second-order valence-corrected chi connectivity index (χ2v) is 3.06. The van der Waals surface area contributed by atoms with Crippen molar-refractivity contribution in [1.29, 1.82) is 0 Å². The summed E-state index contributed by atoms with van der Waals surface area (Å²) in [6.45, 7) is 6.35. The van der Waals surface area contributed by atoms with Crippen LogP contribution in [0.5, 0.6) is 0 Å². The summed E-state index contributed by atoms with van der Waals surface area (Å²) in [5.74, 6) is 0.194. The molecule has 0 radical (unpaired) electrons. The molecule has 0 aromatic rings. The molecule has 0 aromatic carbocycles.